The largest absolute Gasteiger partial charge is 0.376 e. The Bertz CT molecular complexity index is 477. The number of nitrogens with zero attached hydrogens (tertiary/aromatic N) is 1. The molecule has 0 bridgehead atoms. The molecule has 1 aromatic carbocycles. The second kappa shape index (κ2) is 4.90. The average Bonchev–Trinajstić information content (AvgIpc) is 2.96. The number of rotatable bonds is 2. The van der Waals surface area contributed by atoms with Crippen LogP contribution in [0.1, 0.15) is 25.1 Å². The number of halogens is 1. The quantitative estimate of drug-likeness (QED) is 0.878. The van der Waals surface area contributed by atoms with Crippen molar-refractivity contribution >= 4 is 5.91 Å². The van der Waals surface area contributed by atoms with Gasteiger partial charge in [-0.25, -0.2) is 4.39 Å². The summed E-state index contributed by atoms with van der Waals surface area (Å²) in [7, 11) is 0. The summed E-state index contributed by atoms with van der Waals surface area (Å²) in [5.74, 6) is -0.186. The zero-order chi connectivity index (χ0) is 13.4. The smallest absolute Gasteiger partial charge is 0.238 e. The molecule has 102 valence electrons. The van der Waals surface area contributed by atoms with Crippen LogP contribution in [0.3, 0.4) is 0 Å². The number of amides is 1. The van der Waals surface area contributed by atoms with E-state index < -0.39 is 0 Å². The standard InChI is InChI=1S/C14H17FN2O2/c1-9-12(6-7-19-9)17-13(18)8-16-14(17)10-2-4-11(15)5-3-10/h2-5,9,12,14,16H,6-8H2,1H3. The molecule has 2 saturated heterocycles. The third-order valence-corrected chi connectivity index (χ3v) is 3.89. The van der Waals surface area contributed by atoms with Crippen LogP contribution in [0.25, 0.3) is 0 Å². The Hall–Kier alpha value is -1.46. The molecule has 2 aliphatic rings. The van der Waals surface area contributed by atoms with Crippen molar-refractivity contribution < 1.29 is 13.9 Å². The molecule has 0 radical (unpaired) electrons. The molecule has 5 heteroatoms. The SMILES string of the molecule is CC1OCCC1N1C(=O)CNC1c1ccc(F)cc1. The van der Waals surface area contributed by atoms with E-state index in [1.54, 1.807) is 12.1 Å². The van der Waals surface area contributed by atoms with E-state index in [0.717, 1.165) is 12.0 Å². The number of hydrogen-bond acceptors (Lipinski definition) is 3. The summed E-state index contributed by atoms with van der Waals surface area (Å²) in [4.78, 5) is 13.9. The first kappa shape index (κ1) is 12.6. The predicted octanol–water partition coefficient (Wildman–Crippen LogP) is 1.43. The average molecular weight is 264 g/mol. The van der Waals surface area contributed by atoms with E-state index in [1.165, 1.54) is 12.1 Å². The Morgan fingerprint density at radius 1 is 1.37 bits per heavy atom. The van der Waals surface area contributed by atoms with Gasteiger partial charge in [0.05, 0.1) is 18.7 Å². The van der Waals surface area contributed by atoms with Crippen molar-refractivity contribution in [2.75, 3.05) is 13.2 Å². The number of carbonyl (C=O) groups is 1. The van der Waals surface area contributed by atoms with Crippen LogP contribution in [0.2, 0.25) is 0 Å². The summed E-state index contributed by atoms with van der Waals surface area (Å²) in [5.41, 5.74) is 0.909. The van der Waals surface area contributed by atoms with Crippen LogP contribution < -0.4 is 5.32 Å². The van der Waals surface area contributed by atoms with E-state index in [9.17, 15) is 9.18 Å². The van der Waals surface area contributed by atoms with E-state index in [2.05, 4.69) is 5.32 Å². The molecular formula is C14H17FN2O2. The van der Waals surface area contributed by atoms with Crippen LogP contribution in [0.4, 0.5) is 4.39 Å². The fraction of sp³-hybridized carbons (Fsp3) is 0.500. The molecule has 0 spiro atoms. The second-order valence-electron chi connectivity index (χ2n) is 5.07. The zero-order valence-electron chi connectivity index (χ0n) is 10.8. The number of ether oxygens (including phenoxy) is 1. The molecular weight excluding hydrogens is 247 g/mol. The molecule has 19 heavy (non-hydrogen) atoms. The Balaban J connectivity index is 1.87. The molecule has 1 N–H and O–H groups in total. The fourth-order valence-electron chi connectivity index (χ4n) is 2.90. The van der Waals surface area contributed by atoms with Crippen LogP contribution in [-0.4, -0.2) is 36.1 Å². The fourth-order valence-corrected chi connectivity index (χ4v) is 2.90. The van der Waals surface area contributed by atoms with Crippen molar-refractivity contribution in [3.63, 3.8) is 0 Å². The maximum absolute atomic E-state index is 13.0. The second-order valence-corrected chi connectivity index (χ2v) is 5.07. The number of benzene rings is 1. The highest BCUT2D eigenvalue weighted by Gasteiger charge is 2.41. The van der Waals surface area contributed by atoms with E-state index in [1.807, 2.05) is 11.8 Å². The molecule has 2 aliphatic heterocycles. The molecule has 3 atom stereocenters. The first-order valence-electron chi connectivity index (χ1n) is 6.58. The Labute approximate surface area is 111 Å². The molecule has 2 heterocycles. The van der Waals surface area contributed by atoms with E-state index in [4.69, 9.17) is 4.74 Å². The lowest BCUT2D eigenvalue weighted by molar-refractivity contribution is -0.131. The number of nitrogens with one attached hydrogen (secondary N) is 1. The number of carbonyl (C=O) groups excluding carboxylic acids is 1. The van der Waals surface area contributed by atoms with Gasteiger partial charge in [0.15, 0.2) is 0 Å². The van der Waals surface area contributed by atoms with E-state index in [0.29, 0.717) is 13.2 Å². The minimum absolute atomic E-state index is 0.0480. The van der Waals surface area contributed by atoms with Crippen molar-refractivity contribution in [2.24, 2.45) is 0 Å². The highest BCUT2D eigenvalue weighted by Crippen LogP contribution is 2.30. The van der Waals surface area contributed by atoms with Crippen LogP contribution >= 0.6 is 0 Å². The Kier molecular flexibility index (Phi) is 3.24. The molecule has 0 aromatic heterocycles. The monoisotopic (exact) mass is 264 g/mol. The minimum Gasteiger partial charge on any atom is -0.376 e. The maximum atomic E-state index is 13.0. The summed E-state index contributed by atoms with van der Waals surface area (Å²) in [6.45, 7) is 3.00. The van der Waals surface area contributed by atoms with Gasteiger partial charge in [-0.1, -0.05) is 12.1 Å². The first-order valence-corrected chi connectivity index (χ1v) is 6.58. The minimum atomic E-state index is -0.266. The molecule has 3 rings (SSSR count). The van der Waals surface area contributed by atoms with Gasteiger partial charge < -0.3 is 9.64 Å². The maximum Gasteiger partial charge on any atom is 0.238 e. The van der Waals surface area contributed by atoms with Crippen molar-refractivity contribution in [3.8, 4) is 0 Å². The molecule has 0 saturated carbocycles. The topological polar surface area (TPSA) is 41.6 Å². The number of hydrogen-bond donors (Lipinski definition) is 1. The lowest BCUT2D eigenvalue weighted by Gasteiger charge is -2.32. The molecule has 1 aromatic rings. The molecule has 4 nitrogen and oxygen atoms in total. The Morgan fingerprint density at radius 2 is 2.11 bits per heavy atom. The summed E-state index contributed by atoms with van der Waals surface area (Å²) < 4.78 is 18.5. The lowest BCUT2D eigenvalue weighted by atomic mass is 10.1. The molecule has 3 unspecified atom stereocenters. The third-order valence-electron chi connectivity index (χ3n) is 3.89. The van der Waals surface area contributed by atoms with E-state index >= 15 is 0 Å². The van der Waals surface area contributed by atoms with Gasteiger partial charge in [0.25, 0.3) is 0 Å². The molecule has 1 amide bonds. The van der Waals surface area contributed by atoms with Crippen LogP contribution in [0.5, 0.6) is 0 Å². The van der Waals surface area contributed by atoms with Gasteiger partial charge in [-0.3, -0.25) is 10.1 Å². The summed E-state index contributed by atoms with van der Waals surface area (Å²) in [6, 6.07) is 6.38. The van der Waals surface area contributed by atoms with Gasteiger partial charge in [0, 0.05) is 6.61 Å². The van der Waals surface area contributed by atoms with Crippen molar-refractivity contribution in [1.29, 1.82) is 0 Å². The van der Waals surface area contributed by atoms with Gasteiger partial charge in [-0.15, -0.1) is 0 Å². The van der Waals surface area contributed by atoms with Crippen molar-refractivity contribution in [1.82, 2.24) is 10.2 Å². The molecule has 2 fully saturated rings. The van der Waals surface area contributed by atoms with Gasteiger partial charge in [-0.2, -0.15) is 0 Å². The first-order chi connectivity index (χ1) is 9.16. The molecule has 0 aliphatic carbocycles. The highest BCUT2D eigenvalue weighted by atomic mass is 19.1. The van der Waals surface area contributed by atoms with Crippen LogP contribution in [-0.2, 0) is 9.53 Å². The Morgan fingerprint density at radius 3 is 2.74 bits per heavy atom. The van der Waals surface area contributed by atoms with Crippen LogP contribution in [0, 0.1) is 5.82 Å². The van der Waals surface area contributed by atoms with E-state index in [-0.39, 0.29) is 30.0 Å². The summed E-state index contributed by atoms with van der Waals surface area (Å²) in [5, 5.41) is 3.19. The summed E-state index contributed by atoms with van der Waals surface area (Å²) in [6.07, 6.45) is 0.723. The summed E-state index contributed by atoms with van der Waals surface area (Å²) >= 11 is 0. The van der Waals surface area contributed by atoms with Crippen LogP contribution in [0.15, 0.2) is 24.3 Å². The van der Waals surface area contributed by atoms with Crippen molar-refractivity contribution in [3.05, 3.63) is 35.6 Å². The highest BCUT2D eigenvalue weighted by molar-refractivity contribution is 5.81. The van der Waals surface area contributed by atoms with Gasteiger partial charge in [0.1, 0.15) is 12.0 Å². The van der Waals surface area contributed by atoms with Crippen molar-refractivity contribution in [2.45, 2.75) is 31.7 Å². The normalized spacial score (nSPS) is 31.2. The van der Waals surface area contributed by atoms with Gasteiger partial charge in [-0.05, 0) is 31.0 Å². The predicted molar refractivity (Wildman–Crippen MR) is 67.8 cm³/mol. The van der Waals surface area contributed by atoms with Gasteiger partial charge in [0.2, 0.25) is 5.91 Å². The van der Waals surface area contributed by atoms with Gasteiger partial charge >= 0.3 is 0 Å². The zero-order valence-corrected chi connectivity index (χ0v) is 10.8. The third kappa shape index (κ3) is 2.24. The lowest BCUT2D eigenvalue weighted by Crippen LogP contribution is -2.43.